The number of fused-ring (bicyclic) bond motifs is 1. The van der Waals surface area contributed by atoms with Crippen molar-refractivity contribution < 1.29 is 4.79 Å². The molecular weight excluding hydrogens is 469 g/mol. The summed E-state index contributed by atoms with van der Waals surface area (Å²) in [6.45, 7) is 5.71. The highest BCUT2D eigenvalue weighted by molar-refractivity contribution is 14.1. The Kier molecular flexibility index (Phi) is 6.64. The normalized spacial score (nSPS) is 13.7. The Morgan fingerprint density at radius 1 is 1.35 bits per heavy atom. The Hall–Kier alpha value is -0.890. The molecule has 0 radical (unpaired) electrons. The number of hydrogen-bond acceptors (Lipinski definition) is 3. The summed E-state index contributed by atoms with van der Waals surface area (Å²) in [5.41, 5.74) is 8.53. The molecule has 1 aliphatic rings. The standard InChI is InChI=1S/C17H21BrIN3O/c1-3-5-22(6-4-2)17(23)11-7-13-14(19)9-12(18)10-15(13)21-16(20)8-11/h7,9-10H,3-6,8H2,1-2H3,(H2,20,21). The van der Waals surface area contributed by atoms with Crippen LogP contribution >= 0.6 is 38.5 Å². The topological polar surface area (TPSA) is 58.7 Å². The van der Waals surface area contributed by atoms with Crippen LogP contribution < -0.4 is 5.73 Å². The molecule has 0 aromatic heterocycles. The summed E-state index contributed by atoms with van der Waals surface area (Å²) in [4.78, 5) is 19.3. The van der Waals surface area contributed by atoms with E-state index in [1.54, 1.807) is 0 Å². The number of aliphatic imine (C=N–C) groups is 1. The lowest BCUT2D eigenvalue weighted by molar-refractivity contribution is -0.127. The molecule has 4 nitrogen and oxygen atoms in total. The van der Waals surface area contributed by atoms with Gasteiger partial charge >= 0.3 is 0 Å². The van der Waals surface area contributed by atoms with E-state index in [4.69, 9.17) is 5.73 Å². The van der Waals surface area contributed by atoms with Gasteiger partial charge in [0.05, 0.1) is 5.69 Å². The summed E-state index contributed by atoms with van der Waals surface area (Å²) < 4.78 is 2.01. The molecule has 0 saturated carbocycles. The molecule has 1 heterocycles. The zero-order chi connectivity index (χ0) is 17.0. The second-order valence-electron chi connectivity index (χ2n) is 5.56. The molecule has 2 N–H and O–H groups in total. The number of carbonyl (C=O) groups excluding carboxylic acids is 1. The highest BCUT2D eigenvalue weighted by atomic mass is 127. The zero-order valence-corrected chi connectivity index (χ0v) is 17.1. The molecule has 1 aliphatic heterocycles. The third-order valence-corrected chi connectivity index (χ3v) is 4.93. The van der Waals surface area contributed by atoms with E-state index in [0.717, 1.165) is 45.2 Å². The first-order valence-corrected chi connectivity index (χ1v) is 9.65. The predicted octanol–water partition coefficient (Wildman–Crippen LogP) is 4.48. The van der Waals surface area contributed by atoms with Crippen molar-refractivity contribution in [2.75, 3.05) is 13.1 Å². The SMILES string of the molecule is CCCN(CCC)C(=O)C1=Cc2c(I)cc(Br)cc2N=C(N)C1. The number of nitrogens with zero attached hydrogens (tertiary/aromatic N) is 2. The third-order valence-electron chi connectivity index (χ3n) is 3.58. The molecule has 0 unspecified atom stereocenters. The Balaban J connectivity index is 2.44. The average Bonchev–Trinajstić information content (AvgIpc) is 2.64. The van der Waals surface area contributed by atoms with Gasteiger partial charge < -0.3 is 10.6 Å². The number of hydrogen-bond donors (Lipinski definition) is 1. The second kappa shape index (κ2) is 8.28. The maximum atomic E-state index is 12.9. The zero-order valence-electron chi connectivity index (χ0n) is 13.4. The minimum Gasteiger partial charge on any atom is -0.387 e. The Morgan fingerprint density at radius 2 is 2.00 bits per heavy atom. The van der Waals surface area contributed by atoms with Crippen LogP contribution in [0.1, 0.15) is 38.7 Å². The first kappa shape index (κ1) is 18.4. The highest BCUT2D eigenvalue weighted by Crippen LogP contribution is 2.33. The van der Waals surface area contributed by atoms with E-state index in [9.17, 15) is 4.79 Å². The molecule has 1 amide bonds. The summed E-state index contributed by atoms with van der Waals surface area (Å²) in [7, 11) is 0. The van der Waals surface area contributed by atoms with Gasteiger partial charge in [-0.3, -0.25) is 4.79 Å². The van der Waals surface area contributed by atoms with Crippen LogP contribution in [0, 0.1) is 3.57 Å². The van der Waals surface area contributed by atoms with Crippen LogP contribution in [0.2, 0.25) is 0 Å². The number of nitrogens with two attached hydrogens (primary N) is 1. The van der Waals surface area contributed by atoms with Gasteiger partial charge in [0.25, 0.3) is 0 Å². The molecule has 0 atom stereocenters. The summed E-state index contributed by atoms with van der Waals surface area (Å²) in [6, 6.07) is 3.95. The van der Waals surface area contributed by atoms with Crippen molar-refractivity contribution in [3.63, 3.8) is 0 Å². The van der Waals surface area contributed by atoms with Crippen molar-refractivity contribution in [2.24, 2.45) is 10.7 Å². The highest BCUT2D eigenvalue weighted by Gasteiger charge is 2.21. The molecule has 0 spiro atoms. The lowest BCUT2D eigenvalue weighted by atomic mass is 10.1. The van der Waals surface area contributed by atoms with Gasteiger partial charge in [-0.15, -0.1) is 0 Å². The number of amides is 1. The first-order valence-electron chi connectivity index (χ1n) is 7.78. The van der Waals surface area contributed by atoms with Gasteiger partial charge in [0.2, 0.25) is 5.91 Å². The van der Waals surface area contributed by atoms with E-state index >= 15 is 0 Å². The molecule has 1 aromatic rings. The van der Waals surface area contributed by atoms with Crippen LogP contribution in [-0.2, 0) is 4.79 Å². The molecular formula is C17H21BrIN3O. The van der Waals surface area contributed by atoms with Gasteiger partial charge in [0, 0.05) is 38.7 Å². The van der Waals surface area contributed by atoms with Gasteiger partial charge in [-0.1, -0.05) is 29.8 Å². The van der Waals surface area contributed by atoms with E-state index in [2.05, 4.69) is 57.4 Å². The van der Waals surface area contributed by atoms with Gasteiger partial charge in [-0.25, -0.2) is 4.99 Å². The number of amidine groups is 1. The summed E-state index contributed by atoms with van der Waals surface area (Å²) >= 11 is 5.75. The van der Waals surface area contributed by atoms with Crippen molar-refractivity contribution in [3.05, 3.63) is 31.3 Å². The van der Waals surface area contributed by atoms with E-state index < -0.39 is 0 Å². The molecule has 0 fully saturated rings. The van der Waals surface area contributed by atoms with Gasteiger partial charge in [-0.05, 0) is 53.6 Å². The minimum atomic E-state index is 0.0680. The molecule has 1 aromatic carbocycles. The van der Waals surface area contributed by atoms with Gasteiger partial charge in [-0.2, -0.15) is 0 Å². The third kappa shape index (κ3) is 4.56. The molecule has 0 aliphatic carbocycles. The fourth-order valence-electron chi connectivity index (χ4n) is 2.62. The lowest BCUT2D eigenvalue weighted by Gasteiger charge is -2.22. The van der Waals surface area contributed by atoms with Crippen molar-refractivity contribution in [2.45, 2.75) is 33.1 Å². The van der Waals surface area contributed by atoms with Crippen LogP contribution in [0.5, 0.6) is 0 Å². The van der Waals surface area contributed by atoms with E-state index in [0.29, 0.717) is 17.8 Å². The van der Waals surface area contributed by atoms with Crippen LogP contribution in [0.15, 0.2) is 27.2 Å². The monoisotopic (exact) mass is 489 g/mol. The molecule has 124 valence electrons. The lowest BCUT2D eigenvalue weighted by Crippen LogP contribution is -2.34. The second-order valence-corrected chi connectivity index (χ2v) is 7.64. The van der Waals surface area contributed by atoms with Crippen molar-refractivity contribution >= 4 is 62.0 Å². The van der Waals surface area contributed by atoms with E-state index in [-0.39, 0.29) is 5.91 Å². The van der Waals surface area contributed by atoms with Crippen molar-refractivity contribution in [1.29, 1.82) is 0 Å². The Labute approximate surface area is 159 Å². The molecule has 2 rings (SSSR count). The number of benzene rings is 1. The average molecular weight is 490 g/mol. The molecule has 6 heteroatoms. The van der Waals surface area contributed by atoms with Crippen LogP contribution in [0.4, 0.5) is 5.69 Å². The predicted molar refractivity (Wildman–Crippen MR) is 108 cm³/mol. The van der Waals surface area contributed by atoms with Crippen LogP contribution in [0.3, 0.4) is 0 Å². The van der Waals surface area contributed by atoms with E-state index in [1.165, 1.54) is 0 Å². The molecule has 0 saturated heterocycles. The van der Waals surface area contributed by atoms with Crippen LogP contribution in [0.25, 0.3) is 6.08 Å². The van der Waals surface area contributed by atoms with Gasteiger partial charge in [0.1, 0.15) is 5.84 Å². The van der Waals surface area contributed by atoms with E-state index in [1.807, 2.05) is 23.1 Å². The molecule has 23 heavy (non-hydrogen) atoms. The number of carbonyl (C=O) groups is 1. The quantitative estimate of drug-likeness (QED) is 0.620. The smallest absolute Gasteiger partial charge is 0.250 e. The Morgan fingerprint density at radius 3 is 2.61 bits per heavy atom. The van der Waals surface area contributed by atoms with Gasteiger partial charge in [0.15, 0.2) is 0 Å². The Bertz CT molecular complexity index is 664. The van der Waals surface area contributed by atoms with Crippen LogP contribution in [-0.4, -0.2) is 29.7 Å². The van der Waals surface area contributed by atoms with Crippen molar-refractivity contribution in [3.8, 4) is 0 Å². The minimum absolute atomic E-state index is 0.0680. The maximum Gasteiger partial charge on any atom is 0.250 e. The van der Waals surface area contributed by atoms with Crippen molar-refractivity contribution in [1.82, 2.24) is 4.90 Å². The fraction of sp³-hybridized carbons (Fsp3) is 0.412. The summed E-state index contributed by atoms with van der Waals surface area (Å²) in [6.07, 6.45) is 4.24. The molecule has 0 bridgehead atoms. The fourth-order valence-corrected chi connectivity index (χ4v) is 4.26. The summed E-state index contributed by atoms with van der Waals surface area (Å²) in [5.74, 6) is 0.545. The maximum absolute atomic E-state index is 12.9. The largest absolute Gasteiger partial charge is 0.387 e. The number of rotatable bonds is 5. The first-order chi connectivity index (χ1) is 11.0. The summed E-state index contributed by atoms with van der Waals surface area (Å²) in [5, 5.41) is 0. The number of halogens is 2.